The molecule has 1 atom stereocenters. The van der Waals surface area contributed by atoms with Gasteiger partial charge in [0.05, 0.1) is 19.1 Å². The van der Waals surface area contributed by atoms with Gasteiger partial charge in [-0.25, -0.2) is 8.42 Å². The predicted octanol–water partition coefficient (Wildman–Crippen LogP) is 4.76. The summed E-state index contributed by atoms with van der Waals surface area (Å²) in [5.74, 6) is 0.349. The number of benzene rings is 3. The fourth-order valence-corrected chi connectivity index (χ4v) is 5.25. The lowest BCUT2D eigenvalue weighted by molar-refractivity contribution is -0.141. The van der Waals surface area contributed by atoms with Crippen molar-refractivity contribution in [3.8, 4) is 11.5 Å². The van der Waals surface area contributed by atoms with Crippen LogP contribution in [0.25, 0.3) is 0 Å². The van der Waals surface area contributed by atoms with E-state index in [2.05, 4.69) is 5.32 Å². The van der Waals surface area contributed by atoms with Crippen LogP contribution in [0, 0.1) is 0 Å². The standard InChI is InChI=1S/C32H41N3O6S/c1-7-29(31(37)33-32(2,3)4)34(21-25-14-11-15-28(20-25)40-5)30(36)22-35(42(6,38)39)26-16-18-27(19-17-26)41-23-24-12-9-8-10-13-24/h8-20,29H,7,21-23H2,1-6H3,(H,33,37)/t29-/m1/s1. The third-order valence-electron chi connectivity index (χ3n) is 6.42. The lowest BCUT2D eigenvalue weighted by Crippen LogP contribution is -2.55. The minimum absolute atomic E-state index is 0.0932. The summed E-state index contributed by atoms with van der Waals surface area (Å²) in [4.78, 5) is 28.7. The fourth-order valence-electron chi connectivity index (χ4n) is 4.40. The van der Waals surface area contributed by atoms with Crippen molar-refractivity contribution in [2.24, 2.45) is 0 Å². The van der Waals surface area contributed by atoms with Crippen LogP contribution >= 0.6 is 0 Å². The summed E-state index contributed by atoms with van der Waals surface area (Å²) < 4.78 is 38.0. The Morgan fingerprint density at radius 3 is 2.12 bits per heavy atom. The van der Waals surface area contributed by atoms with E-state index in [4.69, 9.17) is 9.47 Å². The van der Waals surface area contributed by atoms with Gasteiger partial charge in [-0.3, -0.25) is 13.9 Å². The zero-order valence-corrected chi connectivity index (χ0v) is 26.0. The molecule has 0 radical (unpaired) electrons. The van der Waals surface area contributed by atoms with E-state index in [9.17, 15) is 18.0 Å². The first-order chi connectivity index (χ1) is 19.8. The summed E-state index contributed by atoms with van der Waals surface area (Å²) >= 11 is 0. The molecule has 0 aromatic heterocycles. The van der Waals surface area contributed by atoms with Crippen LogP contribution in [0.15, 0.2) is 78.9 Å². The minimum Gasteiger partial charge on any atom is -0.497 e. The molecule has 3 aromatic carbocycles. The van der Waals surface area contributed by atoms with Gasteiger partial charge >= 0.3 is 0 Å². The Morgan fingerprint density at radius 1 is 0.905 bits per heavy atom. The van der Waals surface area contributed by atoms with Crippen molar-refractivity contribution in [1.82, 2.24) is 10.2 Å². The second-order valence-corrected chi connectivity index (χ2v) is 13.0. The molecule has 1 N–H and O–H groups in total. The number of carbonyl (C=O) groups is 2. The number of hydrogen-bond acceptors (Lipinski definition) is 6. The lowest BCUT2D eigenvalue weighted by atomic mass is 10.1. The normalized spacial score (nSPS) is 12.2. The number of nitrogens with one attached hydrogen (secondary N) is 1. The molecular formula is C32H41N3O6S. The van der Waals surface area contributed by atoms with Gasteiger partial charge in [0.1, 0.15) is 30.7 Å². The van der Waals surface area contributed by atoms with Gasteiger partial charge in [0.25, 0.3) is 0 Å². The number of carbonyl (C=O) groups excluding carboxylic acids is 2. The summed E-state index contributed by atoms with van der Waals surface area (Å²) in [5, 5.41) is 2.96. The molecule has 0 saturated heterocycles. The Balaban J connectivity index is 1.88. The van der Waals surface area contributed by atoms with Gasteiger partial charge in [0.15, 0.2) is 0 Å². The number of amides is 2. The van der Waals surface area contributed by atoms with Crippen LogP contribution < -0.4 is 19.1 Å². The van der Waals surface area contributed by atoms with E-state index in [0.29, 0.717) is 30.2 Å². The number of rotatable bonds is 13. The predicted molar refractivity (Wildman–Crippen MR) is 165 cm³/mol. The molecule has 0 fully saturated rings. The van der Waals surface area contributed by atoms with E-state index >= 15 is 0 Å². The summed E-state index contributed by atoms with van der Waals surface area (Å²) in [6, 6.07) is 22.6. The first-order valence-corrected chi connectivity index (χ1v) is 15.6. The number of hydrogen-bond donors (Lipinski definition) is 1. The molecule has 10 heteroatoms. The monoisotopic (exact) mass is 595 g/mol. The third kappa shape index (κ3) is 9.51. The van der Waals surface area contributed by atoms with E-state index in [1.165, 1.54) is 4.90 Å². The first kappa shape index (κ1) is 32.5. The molecule has 0 aliphatic carbocycles. The fraction of sp³-hybridized carbons (Fsp3) is 0.375. The Morgan fingerprint density at radius 2 is 1.55 bits per heavy atom. The van der Waals surface area contributed by atoms with E-state index in [1.807, 2.05) is 64.1 Å². The van der Waals surface area contributed by atoms with Gasteiger partial charge in [0.2, 0.25) is 21.8 Å². The highest BCUT2D eigenvalue weighted by Gasteiger charge is 2.33. The van der Waals surface area contributed by atoms with Crippen molar-refractivity contribution in [3.05, 3.63) is 90.0 Å². The topological polar surface area (TPSA) is 105 Å². The molecule has 0 spiro atoms. The van der Waals surface area contributed by atoms with Crippen molar-refractivity contribution in [3.63, 3.8) is 0 Å². The number of nitrogens with zero attached hydrogens (tertiary/aromatic N) is 2. The molecule has 0 aliphatic rings. The van der Waals surface area contributed by atoms with Crippen molar-refractivity contribution in [1.29, 1.82) is 0 Å². The maximum atomic E-state index is 13.9. The molecule has 0 bridgehead atoms. The molecule has 0 aliphatic heterocycles. The zero-order valence-electron chi connectivity index (χ0n) is 25.2. The van der Waals surface area contributed by atoms with Crippen molar-refractivity contribution < 1.29 is 27.5 Å². The summed E-state index contributed by atoms with van der Waals surface area (Å²) in [7, 11) is -2.30. The van der Waals surface area contributed by atoms with Crippen LogP contribution in [-0.4, -0.2) is 56.6 Å². The molecule has 42 heavy (non-hydrogen) atoms. The average Bonchev–Trinajstić information content (AvgIpc) is 2.94. The van der Waals surface area contributed by atoms with E-state index < -0.39 is 34.1 Å². The number of ether oxygens (including phenoxy) is 2. The Kier molecular flexibility index (Phi) is 11.0. The molecule has 3 rings (SSSR count). The zero-order chi connectivity index (χ0) is 30.9. The minimum atomic E-state index is -3.86. The van der Waals surface area contributed by atoms with Crippen molar-refractivity contribution >= 4 is 27.5 Å². The van der Waals surface area contributed by atoms with Gasteiger partial charge in [0, 0.05) is 12.1 Å². The SMILES string of the molecule is CC[C@H](C(=O)NC(C)(C)C)N(Cc1cccc(OC)c1)C(=O)CN(c1ccc(OCc2ccccc2)cc1)S(C)(=O)=O. The Bertz CT molecular complexity index is 1440. The Hall–Kier alpha value is -4.05. The maximum absolute atomic E-state index is 13.9. The van der Waals surface area contributed by atoms with E-state index in [-0.39, 0.29) is 12.5 Å². The lowest BCUT2D eigenvalue weighted by Gasteiger charge is -2.34. The number of methoxy groups -OCH3 is 1. The molecule has 0 heterocycles. The summed E-state index contributed by atoms with van der Waals surface area (Å²) in [6.45, 7) is 7.39. The highest BCUT2D eigenvalue weighted by Crippen LogP contribution is 2.24. The van der Waals surface area contributed by atoms with E-state index in [1.54, 1.807) is 49.6 Å². The summed E-state index contributed by atoms with van der Waals surface area (Å²) in [6.07, 6.45) is 1.39. The third-order valence-corrected chi connectivity index (χ3v) is 7.56. The number of anilines is 1. The van der Waals surface area contributed by atoms with Crippen LogP contribution in [0.4, 0.5) is 5.69 Å². The van der Waals surface area contributed by atoms with Gasteiger partial charge in [-0.05, 0) is 74.7 Å². The van der Waals surface area contributed by atoms with Crippen LogP contribution in [0.2, 0.25) is 0 Å². The average molecular weight is 596 g/mol. The molecule has 0 saturated carbocycles. The molecular weight excluding hydrogens is 554 g/mol. The van der Waals surface area contributed by atoms with Gasteiger partial charge in [-0.15, -0.1) is 0 Å². The maximum Gasteiger partial charge on any atom is 0.244 e. The van der Waals surface area contributed by atoms with Crippen LogP contribution in [0.3, 0.4) is 0 Å². The quantitative estimate of drug-likeness (QED) is 0.306. The first-order valence-electron chi connectivity index (χ1n) is 13.8. The van der Waals surface area contributed by atoms with Crippen molar-refractivity contribution in [2.45, 2.75) is 58.8 Å². The van der Waals surface area contributed by atoms with Crippen LogP contribution in [0.1, 0.15) is 45.2 Å². The largest absolute Gasteiger partial charge is 0.497 e. The molecule has 0 unspecified atom stereocenters. The molecule has 3 aromatic rings. The highest BCUT2D eigenvalue weighted by atomic mass is 32.2. The van der Waals surface area contributed by atoms with Gasteiger partial charge in [-0.2, -0.15) is 0 Å². The van der Waals surface area contributed by atoms with Gasteiger partial charge in [-0.1, -0.05) is 49.4 Å². The molecule has 226 valence electrons. The second-order valence-electron chi connectivity index (χ2n) is 11.1. The smallest absolute Gasteiger partial charge is 0.244 e. The van der Waals surface area contributed by atoms with Gasteiger partial charge < -0.3 is 19.7 Å². The summed E-state index contributed by atoms with van der Waals surface area (Å²) in [5.41, 5.74) is 1.54. The Labute approximate surface area is 249 Å². The van der Waals surface area contributed by atoms with Crippen LogP contribution in [0.5, 0.6) is 11.5 Å². The van der Waals surface area contributed by atoms with Crippen LogP contribution in [-0.2, 0) is 32.8 Å². The van der Waals surface area contributed by atoms with E-state index in [0.717, 1.165) is 21.7 Å². The van der Waals surface area contributed by atoms with Crippen molar-refractivity contribution in [2.75, 3.05) is 24.2 Å². The molecule has 9 nitrogen and oxygen atoms in total. The molecule has 2 amide bonds. The highest BCUT2D eigenvalue weighted by molar-refractivity contribution is 7.92. The second kappa shape index (κ2) is 14.2. The number of sulfonamides is 1.